The second kappa shape index (κ2) is 16.7. The normalized spacial score (nSPS) is 22.8. The van der Waals surface area contributed by atoms with Gasteiger partial charge in [0.2, 0.25) is 11.8 Å². The lowest BCUT2D eigenvalue weighted by Gasteiger charge is -2.49. The van der Waals surface area contributed by atoms with E-state index >= 15 is 0 Å². The van der Waals surface area contributed by atoms with Crippen LogP contribution >= 0.6 is 11.8 Å². The number of β-lactam (4-membered cyclic amide) rings is 1. The average Bonchev–Trinajstić information content (AvgIpc) is 3.77. The summed E-state index contributed by atoms with van der Waals surface area (Å²) in [5, 5.41) is 2.03. The highest BCUT2D eigenvalue weighted by atomic mass is 32.2. The molecule has 15 heteroatoms. The van der Waals surface area contributed by atoms with Crippen LogP contribution < -0.4 is 5.32 Å². The average molecular weight is 786 g/mol. The number of hydrogen-bond donors (Lipinski definition) is 1. The molecular weight excluding hydrogens is 739 g/mol. The van der Waals surface area contributed by atoms with Crippen molar-refractivity contribution in [3.63, 3.8) is 0 Å². The van der Waals surface area contributed by atoms with Crippen LogP contribution in [0.4, 0.5) is 9.59 Å². The van der Waals surface area contributed by atoms with E-state index in [1.165, 1.54) is 32.5 Å². The Labute approximate surface area is 330 Å². The molecule has 5 amide bonds. The summed E-state index contributed by atoms with van der Waals surface area (Å²) in [5.41, 5.74) is 1.48. The van der Waals surface area contributed by atoms with Gasteiger partial charge in [-0.3, -0.25) is 24.2 Å². The molecule has 0 radical (unpaired) electrons. The number of carbonyl (C=O) groups is 6. The third kappa shape index (κ3) is 8.47. The lowest BCUT2D eigenvalue weighted by atomic mass is 10.00. The molecule has 0 spiro atoms. The van der Waals surface area contributed by atoms with Crippen LogP contribution in [-0.2, 0) is 33.4 Å². The lowest BCUT2D eigenvalue weighted by Crippen LogP contribution is -2.70. The van der Waals surface area contributed by atoms with E-state index in [-0.39, 0.29) is 42.8 Å². The molecule has 4 heterocycles. The Balaban J connectivity index is 1.31. The van der Waals surface area contributed by atoms with Crippen LogP contribution in [0.1, 0.15) is 50.8 Å². The van der Waals surface area contributed by atoms with Crippen LogP contribution in [0.2, 0.25) is 0 Å². The highest BCUT2D eigenvalue weighted by Crippen LogP contribution is 2.43. The van der Waals surface area contributed by atoms with E-state index < -0.39 is 59.3 Å². The van der Waals surface area contributed by atoms with Gasteiger partial charge in [0.25, 0.3) is 5.91 Å². The van der Waals surface area contributed by atoms with Gasteiger partial charge in [0, 0.05) is 38.5 Å². The fourth-order valence-electron chi connectivity index (χ4n) is 7.24. The summed E-state index contributed by atoms with van der Waals surface area (Å²) in [5.74, 6) is -1.63. The third-order valence-electron chi connectivity index (χ3n) is 9.80. The Morgan fingerprint density at radius 1 is 1.02 bits per heavy atom. The van der Waals surface area contributed by atoms with Gasteiger partial charge in [-0.15, -0.1) is 11.8 Å². The highest BCUT2D eigenvalue weighted by molar-refractivity contribution is 8.00. The van der Waals surface area contributed by atoms with Crippen molar-refractivity contribution in [3.8, 4) is 0 Å². The number of allylic oxidation sites excluding steroid dienone is 1. The summed E-state index contributed by atoms with van der Waals surface area (Å²) < 4.78 is 16.9. The van der Waals surface area contributed by atoms with E-state index in [2.05, 4.69) is 11.9 Å². The number of alkyl carbamates (subject to hydrolysis) is 1. The topological polar surface area (TPSA) is 155 Å². The summed E-state index contributed by atoms with van der Waals surface area (Å²) in [6.07, 6.45) is 1.42. The number of amides is 5. The van der Waals surface area contributed by atoms with E-state index in [4.69, 9.17) is 14.2 Å². The molecule has 4 aliphatic rings. The summed E-state index contributed by atoms with van der Waals surface area (Å²) in [6.45, 7) is 9.14. The monoisotopic (exact) mass is 785 g/mol. The molecule has 0 bridgehead atoms. The molecule has 3 saturated heterocycles. The smallest absolute Gasteiger partial charge is 0.410 e. The zero-order valence-electron chi connectivity index (χ0n) is 32.1. The quantitative estimate of drug-likeness (QED) is 0.121. The molecule has 4 atom stereocenters. The molecule has 1 N–H and O–H groups in total. The first kappa shape index (κ1) is 40.1. The molecule has 2 aromatic carbocycles. The number of nitrogens with one attached hydrogen (secondary N) is 1. The maximum absolute atomic E-state index is 14.5. The van der Waals surface area contributed by atoms with Gasteiger partial charge in [0.1, 0.15) is 35.4 Å². The molecule has 0 aliphatic carbocycles. The number of esters is 1. The Morgan fingerprint density at radius 2 is 1.66 bits per heavy atom. The van der Waals surface area contributed by atoms with E-state index in [0.29, 0.717) is 24.1 Å². The number of rotatable bonds is 10. The third-order valence-corrected chi connectivity index (χ3v) is 11.1. The predicted molar refractivity (Wildman–Crippen MR) is 208 cm³/mol. The Hall–Kier alpha value is -5.57. The van der Waals surface area contributed by atoms with E-state index in [1.54, 1.807) is 45.8 Å². The molecule has 2 aromatic rings. The lowest BCUT2D eigenvalue weighted by molar-refractivity contribution is -0.153. The second-order valence-electron chi connectivity index (χ2n) is 15.1. The van der Waals surface area contributed by atoms with Crippen molar-refractivity contribution in [2.75, 3.05) is 39.5 Å². The Morgan fingerprint density at radius 3 is 2.25 bits per heavy atom. The molecule has 14 nitrogen and oxygen atoms in total. The van der Waals surface area contributed by atoms with Gasteiger partial charge in [-0.1, -0.05) is 73.3 Å². The van der Waals surface area contributed by atoms with Crippen LogP contribution in [0.3, 0.4) is 0 Å². The minimum atomic E-state index is -0.948. The number of ether oxygens (including phenoxy) is 3. The van der Waals surface area contributed by atoms with Crippen molar-refractivity contribution in [1.29, 1.82) is 0 Å². The fourth-order valence-corrected chi connectivity index (χ4v) is 8.54. The molecule has 0 unspecified atom stereocenters. The van der Waals surface area contributed by atoms with Gasteiger partial charge in [0.15, 0.2) is 6.10 Å². The van der Waals surface area contributed by atoms with Crippen LogP contribution in [0.15, 0.2) is 96.2 Å². The van der Waals surface area contributed by atoms with Crippen LogP contribution in [0.25, 0.3) is 0 Å². The van der Waals surface area contributed by atoms with Gasteiger partial charge >= 0.3 is 18.2 Å². The molecule has 0 saturated carbocycles. The highest BCUT2D eigenvalue weighted by Gasteiger charge is 2.55. The molecule has 296 valence electrons. The number of thioether (sulfide) groups is 1. The molecule has 4 aliphatic heterocycles. The molecular formula is C41H47N5O9S. The molecule has 0 aromatic heterocycles. The summed E-state index contributed by atoms with van der Waals surface area (Å²) in [4.78, 5) is 86.9. The standard InChI is InChI=1S/C41H47N5O9S/c1-7-20-53-40(52)45-23-29(22-30(45)35(48)43(5)6)44-19-18-27(34(44)47)21-28-24-56-37-31(42-39(51)55-41(2,3)4)36(49)46(37)32(28)38(50)54-33(25-14-10-8-11-15-25)26-16-12-9-13-17-26/h7-17,21,29-31,33,37H,1,18-20,22-24H2,2-6H3,(H,42,51)/b27-21+/t29-,30+,31+,37+/m0/s1. The number of hydrogen-bond acceptors (Lipinski definition) is 10. The summed E-state index contributed by atoms with van der Waals surface area (Å²) in [7, 11) is 3.21. The summed E-state index contributed by atoms with van der Waals surface area (Å²) in [6, 6.07) is 16.3. The molecule has 56 heavy (non-hydrogen) atoms. The first-order chi connectivity index (χ1) is 26.7. The van der Waals surface area contributed by atoms with Gasteiger partial charge in [0.05, 0.1) is 6.04 Å². The van der Waals surface area contributed by atoms with Gasteiger partial charge in [-0.25, -0.2) is 14.4 Å². The number of likely N-dealkylation sites (N-methyl/N-ethyl adjacent to an activating group) is 1. The van der Waals surface area contributed by atoms with Gasteiger partial charge in [-0.2, -0.15) is 0 Å². The van der Waals surface area contributed by atoms with Crippen molar-refractivity contribution < 1.29 is 43.0 Å². The number of nitrogens with zero attached hydrogens (tertiary/aromatic N) is 4. The number of carbonyl (C=O) groups excluding carboxylic acids is 6. The zero-order valence-corrected chi connectivity index (χ0v) is 33.0. The van der Waals surface area contributed by atoms with Crippen LogP contribution in [-0.4, -0.2) is 124 Å². The fraction of sp³-hybridized carbons (Fsp3) is 0.415. The first-order valence-electron chi connectivity index (χ1n) is 18.4. The van der Waals surface area contributed by atoms with Gasteiger partial charge in [-0.05, 0) is 56.4 Å². The maximum Gasteiger partial charge on any atom is 0.410 e. The first-order valence-corrected chi connectivity index (χ1v) is 19.5. The van der Waals surface area contributed by atoms with Crippen molar-refractivity contribution in [2.24, 2.45) is 0 Å². The van der Waals surface area contributed by atoms with Crippen molar-refractivity contribution in [1.82, 2.24) is 24.9 Å². The van der Waals surface area contributed by atoms with Gasteiger partial charge < -0.3 is 29.3 Å². The Bertz CT molecular complexity index is 1900. The maximum atomic E-state index is 14.5. The Kier molecular flexibility index (Phi) is 11.9. The zero-order chi connectivity index (χ0) is 40.3. The number of fused-ring (bicyclic) bond motifs is 1. The van der Waals surface area contributed by atoms with Crippen LogP contribution in [0, 0.1) is 0 Å². The van der Waals surface area contributed by atoms with E-state index in [9.17, 15) is 28.8 Å². The van der Waals surface area contributed by atoms with Crippen molar-refractivity contribution >= 4 is 47.6 Å². The molecule has 6 rings (SSSR count). The number of benzene rings is 2. The largest absolute Gasteiger partial charge is 0.448 e. The number of likely N-dealkylation sites (tertiary alicyclic amines) is 2. The second-order valence-corrected chi connectivity index (χ2v) is 16.2. The SMILES string of the molecule is C=CCOC(=O)N1C[C@@H](N2CC/C(=C\C3=C(C(=O)OC(c4ccccc4)c4ccccc4)N4C(=O)[C@@H](NC(=O)OC(C)(C)C)[C@H]4SC3)C2=O)C[C@@H]1C(=O)N(C)C. The van der Waals surface area contributed by atoms with E-state index in [1.807, 2.05) is 60.7 Å². The minimum absolute atomic E-state index is 0.00903. The van der Waals surface area contributed by atoms with Crippen molar-refractivity contribution in [3.05, 3.63) is 107 Å². The minimum Gasteiger partial charge on any atom is -0.448 e. The molecule has 3 fully saturated rings. The summed E-state index contributed by atoms with van der Waals surface area (Å²) >= 11 is 1.34. The van der Waals surface area contributed by atoms with E-state index in [0.717, 1.165) is 11.1 Å². The van der Waals surface area contributed by atoms with Crippen LogP contribution in [0.5, 0.6) is 0 Å². The van der Waals surface area contributed by atoms with Crippen molar-refractivity contribution in [2.45, 2.75) is 68.8 Å². The predicted octanol–water partition coefficient (Wildman–Crippen LogP) is 4.39.